The van der Waals surface area contributed by atoms with Crippen molar-refractivity contribution < 1.29 is 22.7 Å². The van der Waals surface area contributed by atoms with E-state index in [0.717, 1.165) is 16.9 Å². The first kappa shape index (κ1) is 23.1. The van der Waals surface area contributed by atoms with Gasteiger partial charge in [-0.15, -0.1) is 0 Å². The predicted molar refractivity (Wildman–Crippen MR) is 115 cm³/mol. The van der Waals surface area contributed by atoms with E-state index in [-0.39, 0.29) is 11.3 Å². The maximum atomic E-state index is 13.1. The molecule has 3 aromatic rings. The molecule has 0 aliphatic rings. The fourth-order valence-electron chi connectivity index (χ4n) is 3.15. The third kappa shape index (κ3) is 5.77. The highest BCUT2D eigenvalue weighted by Gasteiger charge is 2.35. The van der Waals surface area contributed by atoms with Crippen LogP contribution in [0.3, 0.4) is 0 Å². The van der Waals surface area contributed by atoms with E-state index < -0.39 is 18.0 Å². The van der Waals surface area contributed by atoms with Gasteiger partial charge in [-0.25, -0.2) is 14.8 Å². The summed E-state index contributed by atoms with van der Waals surface area (Å²) in [5.41, 5.74) is 7.78. The normalized spacial score (nSPS) is 11.3. The van der Waals surface area contributed by atoms with Crippen molar-refractivity contribution in [3.63, 3.8) is 0 Å². The lowest BCUT2D eigenvalue weighted by atomic mass is 10.1. The van der Waals surface area contributed by atoms with Crippen LogP contribution in [0.5, 0.6) is 5.75 Å². The Morgan fingerprint density at radius 2 is 1.84 bits per heavy atom. The highest BCUT2D eigenvalue weighted by atomic mass is 19.4. The summed E-state index contributed by atoms with van der Waals surface area (Å²) in [4.78, 5) is 19.2. The first-order chi connectivity index (χ1) is 15.1. The summed E-state index contributed by atoms with van der Waals surface area (Å²) in [5.74, 6) is -0.634. The SMILES string of the molecule is Cc1ccc(OCCCNC(=O)NNc2nc(C(F)(F)F)nc3cccc(C)c23)c(C)c1. The molecular weight excluding hydrogens is 423 g/mol. The Kier molecular flexibility index (Phi) is 7.01. The van der Waals surface area contributed by atoms with Gasteiger partial charge in [0.05, 0.1) is 12.1 Å². The minimum atomic E-state index is -4.72. The molecule has 0 fully saturated rings. The topological polar surface area (TPSA) is 88.2 Å². The molecular formula is C22H24F3N5O2. The maximum absolute atomic E-state index is 13.1. The molecule has 3 rings (SSSR count). The Hall–Kier alpha value is -3.56. The fourth-order valence-corrected chi connectivity index (χ4v) is 3.15. The van der Waals surface area contributed by atoms with E-state index in [1.165, 1.54) is 6.07 Å². The van der Waals surface area contributed by atoms with Gasteiger partial charge in [0.1, 0.15) is 5.75 Å². The number of amides is 2. The molecule has 0 saturated carbocycles. The van der Waals surface area contributed by atoms with Gasteiger partial charge in [0, 0.05) is 11.9 Å². The summed E-state index contributed by atoms with van der Waals surface area (Å²) in [7, 11) is 0. The number of rotatable bonds is 7. The van der Waals surface area contributed by atoms with Crippen LogP contribution in [-0.4, -0.2) is 29.2 Å². The monoisotopic (exact) mass is 447 g/mol. The number of halogens is 3. The van der Waals surface area contributed by atoms with Crippen molar-refractivity contribution in [1.29, 1.82) is 0 Å². The zero-order valence-electron chi connectivity index (χ0n) is 17.9. The van der Waals surface area contributed by atoms with Gasteiger partial charge in [-0.2, -0.15) is 13.2 Å². The number of anilines is 1. The molecule has 2 aromatic carbocycles. The van der Waals surface area contributed by atoms with Crippen LogP contribution < -0.4 is 20.9 Å². The van der Waals surface area contributed by atoms with E-state index >= 15 is 0 Å². The zero-order valence-corrected chi connectivity index (χ0v) is 17.9. The molecule has 1 aromatic heterocycles. The Labute approximate surface area is 183 Å². The summed E-state index contributed by atoms with van der Waals surface area (Å²) in [6, 6.07) is 10.1. The number of nitrogens with one attached hydrogen (secondary N) is 3. The zero-order chi connectivity index (χ0) is 23.3. The largest absolute Gasteiger partial charge is 0.493 e. The van der Waals surface area contributed by atoms with Crippen LogP contribution in [-0.2, 0) is 6.18 Å². The summed E-state index contributed by atoms with van der Waals surface area (Å²) in [6.45, 7) is 6.41. The lowest BCUT2D eigenvalue weighted by Crippen LogP contribution is -2.40. The van der Waals surface area contributed by atoms with Crippen molar-refractivity contribution in [2.24, 2.45) is 0 Å². The van der Waals surface area contributed by atoms with Gasteiger partial charge < -0.3 is 10.1 Å². The van der Waals surface area contributed by atoms with Crippen LogP contribution >= 0.6 is 0 Å². The quantitative estimate of drug-likeness (QED) is 0.362. The fraction of sp³-hybridized carbons (Fsp3) is 0.318. The van der Waals surface area contributed by atoms with Gasteiger partial charge >= 0.3 is 12.2 Å². The minimum absolute atomic E-state index is 0.126. The number of aromatic nitrogens is 2. The molecule has 3 N–H and O–H groups in total. The van der Waals surface area contributed by atoms with Crippen molar-refractivity contribution in [3.05, 3.63) is 58.9 Å². The molecule has 0 bridgehead atoms. The van der Waals surface area contributed by atoms with E-state index in [4.69, 9.17) is 4.74 Å². The molecule has 7 nitrogen and oxygen atoms in total. The number of aryl methyl sites for hydroxylation is 3. The number of nitrogens with zero attached hydrogens (tertiary/aromatic N) is 2. The van der Waals surface area contributed by atoms with E-state index in [1.54, 1.807) is 19.1 Å². The number of fused-ring (bicyclic) bond motifs is 1. The summed E-state index contributed by atoms with van der Waals surface area (Å²) >= 11 is 0. The number of hydrogen-bond acceptors (Lipinski definition) is 5. The van der Waals surface area contributed by atoms with Crippen molar-refractivity contribution in [2.75, 3.05) is 18.6 Å². The van der Waals surface area contributed by atoms with Crippen LogP contribution in [0.4, 0.5) is 23.8 Å². The third-order valence-corrected chi connectivity index (χ3v) is 4.67. The molecule has 170 valence electrons. The van der Waals surface area contributed by atoms with Gasteiger partial charge in [0.25, 0.3) is 0 Å². The molecule has 1 heterocycles. The van der Waals surface area contributed by atoms with Crippen LogP contribution in [0.2, 0.25) is 0 Å². The molecule has 0 saturated heterocycles. The average molecular weight is 447 g/mol. The maximum Gasteiger partial charge on any atom is 0.451 e. The molecule has 0 radical (unpaired) electrons. The second kappa shape index (κ2) is 9.71. The third-order valence-electron chi connectivity index (χ3n) is 4.67. The number of carbonyl (C=O) groups is 1. The average Bonchev–Trinajstić information content (AvgIpc) is 2.72. The number of urea groups is 1. The Balaban J connectivity index is 1.54. The van der Waals surface area contributed by atoms with Crippen molar-refractivity contribution >= 4 is 22.8 Å². The lowest BCUT2D eigenvalue weighted by Gasteiger charge is -2.15. The molecule has 0 aliphatic carbocycles. The summed E-state index contributed by atoms with van der Waals surface area (Å²) < 4.78 is 45.1. The van der Waals surface area contributed by atoms with Gasteiger partial charge in [0.2, 0.25) is 5.82 Å². The van der Waals surface area contributed by atoms with Gasteiger partial charge in [-0.05, 0) is 50.5 Å². The molecule has 0 atom stereocenters. The number of carbonyl (C=O) groups excluding carboxylic acids is 1. The second-order valence-electron chi connectivity index (χ2n) is 7.34. The van der Waals surface area contributed by atoms with Crippen molar-refractivity contribution in [1.82, 2.24) is 20.7 Å². The van der Waals surface area contributed by atoms with Gasteiger partial charge in [-0.1, -0.05) is 29.8 Å². The van der Waals surface area contributed by atoms with Crippen LogP contribution in [0.15, 0.2) is 36.4 Å². The standard InChI is InChI=1S/C22H24F3N5O2/c1-13-8-9-17(15(3)12-13)32-11-5-10-26-21(31)30-29-19-18-14(2)6-4-7-16(18)27-20(28-19)22(23,24)25/h4,6-9,12H,5,10-11H2,1-3H3,(H2,26,30,31)(H,27,28,29). The highest BCUT2D eigenvalue weighted by Crippen LogP contribution is 2.31. The number of ether oxygens (including phenoxy) is 1. The number of hydrazine groups is 1. The van der Waals surface area contributed by atoms with E-state index in [0.29, 0.717) is 30.5 Å². The smallest absolute Gasteiger partial charge is 0.451 e. The number of alkyl halides is 3. The summed E-state index contributed by atoms with van der Waals surface area (Å²) in [6.07, 6.45) is -4.17. The first-order valence-electron chi connectivity index (χ1n) is 9.99. The first-order valence-corrected chi connectivity index (χ1v) is 9.99. The second-order valence-corrected chi connectivity index (χ2v) is 7.34. The van der Waals surface area contributed by atoms with Crippen LogP contribution in [0, 0.1) is 20.8 Å². The molecule has 2 amide bonds. The lowest BCUT2D eigenvalue weighted by molar-refractivity contribution is -0.144. The molecule has 0 aliphatic heterocycles. The molecule has 0 unspecified atom stereocenters. The highest BCUT2D eigenvalue weighted by molar-refractivity contribution is 5.92. The van der Waals surface area contributed by atoms with E-state index in [9.17, 15) is 18.0 Å². The summed E-state index contributed by atoms with van der Waals surface area (Å²) in [5, 5.41) is 3.00. The minimum Gasteiger partial charge on any atom is -0.493 e. The van der Waals surface area contributed by atoms with Crippen molar-refractivity contribution in [2.45, 2.75) is 33.4 Å². The van der Waals surface area contributed by atoms with Gasteiger partial charge in [-0.3, -0.25) is 10.9 Å². The van der Waals surface area contributed by atoms with Crippen LogP contribution in [0.1, 0.15) is 28.9 Å². The van der Waals surface area contributed by atoms with E-state index in [2.05, 4.69) is 26.1 Å². The van der Waals surface area contributed by atoms with Gasteiger partial charge in [0.15, 0.2) is 5.82 Å². The molecule has 10 heteroatoms. The Morgan fingerprint density at radius 3 is 2.56 bits per heavy atom. The number of benzene rings is 2. The Bertz CT molecular complexity index is 1120. The van der Waals surface area contributed by atoms with E-state index in [1.807, 2.05) is 32.0 Å². The predicted octanol–water partition coefficient (Wildman–Crippen LogP) is 4.67. The van der Waals surface area contributed by atoms with Crippen molar-refractivity contribution in [3.8, 4) is 5.75 Å². The van der Waals surface area contributed by atoms with Crippen LogP contribution in [0.25, 0.3) is 10.9 Å². The molecule has 32 heavy (non-hydrogen) atoms. The Morgan fingerprint density at radius 1 is 1.06 bits per heavy atom. The molecule has 0 spiro atoms. The number of hydrogen-bond donors (Lipinski definition) is 3.